The molecular weight excluding hydrogens is 364 g/mol. The SMILES string of the molecule is C=C(N)C(C)(C)NSN1CCN(c2ccc(Cl)cc2)CC1.C=CCCC. The highest BCUT2D eigenvalue weighted by atomic mass is 35.5. The zero-order valence-corrected chi connectivity index (χ0v) is 17.9. The van der Waals surface area contributed by atoms with Gasteiger partial charge in [0.15, 0.2) is 0 Å². The van der Waals surface area contributed by atoms with Gasteiger partial charge in [-0.15, -0.1) is 6.58 Å². The third-order valence-electron chi connectivity index (χ3n) is 4.16. The summed E-state index contributed by atoms with van der Waals surface area (Å²) in [5.74, 6) is 0. The molecule has 0 amide bonds. The van der Waals surface area contributed by atoms with E-state index in [1.54, 1.807) is 12.1 Å². The lowest BCUT2D eigenvalue weighted by molar-refractivity contribution is 0.420. The summed E-state index contributed by atoms with van der Waals surface area (Å²) in [6, 6.07) is 8.03. The van der Waals surface area contributed by atoms with E-state index < -0.39 is 0 Å². The summed E-state index contributed by atoms with van der Waals surface area (Å²) < 4.78 is 5.69. The molecule has 2 rings (SSSR count). The molecule has 0 atom stereocenters. The van der Waals surface area contributed by atoms with Gasteiger partial charge in [-0.05, 0) is 44.5 Å². The molecule has 1 fully saturated rings. The Morgan fingerprint density at radius 1 is 1.27 bits per heavy atom. The highest BCUT2D eigenvalue weighted by Gasteiger charge is 2.23. The van der Waals surface area contributed by atoms with Crippen molar-refractivity contribution in [3.8, 4) is 0 Å². The van der Waals surface area contributed by atoms with E-state index in [0.717, 1.165) is 37.6 Å². The summed E-state index contributed by atoms with van der Waals surface area (Å²) >= 11 is 7.55. The topological polar surface area (TPSA) is 44.5 Å². The molecule has 0 saturated carbocycles. The predicted molar refractivity (Wildman–Crippen MR) is 118 cm³/mol. The van der Waals surface area contributed by atoms with Crippen LogP contribution in [0.25, 0.3) is 0 Å². The second kappa shape index (κ2) is 11.5. The fourth-order valence-corrected chi connectivity index (χ4v) is 3.10. The summed E-state index contributed by atoms with van der Waals surface area (Å²) in [6.45, 7) is 17.6. The fourth-order valence-electron chi connectivity index (χ4n) is 2.14. The number of nitrogens with one attached hydrogen (secondary N) is 1. The van der Waals surface area contributed by atoms with E-state index in [-0.39, 0.29) is 5.54 Å². The lowest BCUT2D eigenvalue weighted by Gasteiger charge is -2.37. The molecule has 1 saturated heterocycles. The van der Waals surface area contributed by atoms with Crippen molar-refractivity contribution in [1.82, 2.24) is 9.03 Å². The summed E-state index contributed by atoms with van der Waals surface area (Å²) in [4.78, 5) is 2.38. The molecule has 4 nitrogen and oxygen atoms in total. The van der Waals surface area contributed by atoms with Gasteiger partial charge in [0.1, 0.15) is 0 Å². The number of piperazine rings is 1. The monoisotopic (exact) mass is 396 g/mol. The highest BCUT2D eigenvalue weighted by Crippen LogP contribution is 2.22. The van der Waals surface area contributed by atoms with Crippen LogP contribution >= 0.6 is 23.7 Å². The van der Waals surface area contributed by atoms with Crippen molar-refractivity contribution in [2.45, 2.75) is 39.2 Å². The molecule has 0 radical (unpaired) electrons. The first kappa shape index (κ1) is 22.9. The molecule has 146 valence electrons. The molecule has 6 heteroatoms. The van der Waals surface area contributed by atoms with Crippen LogP contribution in [0.3, 0.4) is 0 Å². The maximum absolute atomic E-state index is 5.93. The van der Waals surface area contributed by atoms with Gasteiger partial charge in [-0.1, -0.05) is 37.6 Å². The molecule has 1 heterocycles. The van der Waals surface area contributed by atoms with Crippen molar-refractivity contribution in [3.05, 3.63) is 54.2 Å². The van der Waals surface area contributed by atoms with Crippen LogP contribution in [0.1, 0.15) is 33.6 Å². The Bertz CT molecular complexity index is 551. The Hall–Kier alpha value is -1.14. The Labute approximate surface area is 168 Å². The van der Waals surface area contributed by atoms with Crippen LogP contribution in [0.15, 0.2) is 49.2 Å². The van der Waals surface area contributed by atoms with Gasteiger partial charge in [0.2, 0.25) is 0 Å². The van der Waals surface area contributed by atoms with Gasteiger partial charge in [-0.3, -0.25) is 0 Å². The number of anilines is 1. The molecule has 26 heavy (non-hydrogen) atoms. The lowest BCUT2D eigenvalue weighted by Crippen LogP contribution is -2.47. The Balaban J connectivity index is 0.000000597. The number of benzene rings is 1. The van der Waals surface area contributed by atoms with Crippen LogP contribution in [0, 0.1) is 0 Å². The Morgan fingerprint density at radius 2 is 1.85 bits per heavy atom. The van der Waals surface area contributed by atoms with E-state index in [9.17, 15) is 0 Å². The molecule has 0 aliphatic carbocycles. The number of halogens is 1. The van der Waals surface area contributed by atoms with Crippen LogP contribution in [-0.4, -0.2) is 36.0 Å². The third-order valence-corrected chi connectivity index (χ3v) is 5.63. The van der Waals surface area contributed by atoms with Gasteiger partial charge in [0.25, 0.3) is 0 Å². The molecule has 1 aromatic carbocycles. The largest absolute Gasteiger partial charge is 0.401 e. The number of rotatable bonds is 7. The van der Waals surface area contributed by atoms with Gasteiger partial charge in [-0.25, -0.2) is 9.03 Å². The zero-order valence-electron chi connectivity index (χ0n) is 16.3. The normalized spacial score (nSPS) is 15.2. The first-order chi connectivity index (χ1) is 12.3. The second-order valence-electron chi connectivity index (χ2n) is 6.81. The van der Waals surface area contributed by atoms with Crippen LogP contribution < -0.4 is 15.4 Å². The first-order valence-electron chi connectivity index (χ1n) is 9.05. The highest BCUT2D eigenvalue weighted by molar-refractivity contribution is 7.95. The van der Waals surface area contributed by atoms with Crippen LogP contribution in [0.4, 0.5) is 5.69 Å². The number of allylic oxidation sites excluding steroid dienone is 1. The smallest absolute Gasteiger partial charge is 0.0624 e. The Kier molecular flexibility index (Phi) is 10.2. The number of hydrogen-bond acceptors (Lipinski definition) is 5. The average molecular weight is 397 g/mol. The predicted octanol–water partition coefficient (Wildman–Crippen LogP) is 4.84. The fraction of sp³-hybridized carbons (Fsp3) is 0.500. The summed E-state index contributed by atoms with van der Waals surface area (Å²) in [5.41, 5.74) is 7.40. The zero-order chi connectivity index (χ0) is 19.6. The molecule has 1 aliphatic rings. The second-order valence-corrected chi connectivity index (χ2v) is 8.15. The van der Waals surface area contributed by atoms with E-state index in [4.69, 9.17) is 17.3 Å². The van der Waals surface area contributed by atoms with Gasteiger partial charge < -0.3 is 10.6 Å². The van der Waals surface area contributed by atoms with E-state index in [0.29, 0.717) is 5.70 Å². The van der Waals surface area contributed by atoms with E-state index in [2.05, 4.69) is 46.1 Å². The maximum atomic E-state index is 5.93. The molecule has 0 bridgehead atoms. The number of hydrogen-bond donors (Lipinski definition) is 2. The van der Waals surface area contributed by atoms with Crippen molar-refractivity contribution < 1.29 is 0 Å². The molecule has 0 aromatic heterocycles. The summed E-state index contributed by atoms with van der Waals surface area (Å²) in [6.07, 6.45) is 4.31. The molecule has 1 aromatic rings. The molecule has 1 aliphatic heterocycles. The van der Waals surface area contributed by atoms with Crippen LogP contribution in [0.5, 0.6) is 0 Å². The van der Waals surface area contributed by atoms with Crippen molar-refractivity contribution in [2.24, 2.45) is 5.73 Å². The molecule has 3 N–H and O–H groups in total. The minimum Gasteiger partial charge on any atom is -0.401 e. The third kappa shape index (κ3) is 8.04. The standard InChI is InChI=1S/C15H23ClN4S.C5H10/c1-12(17)15(2,3)18-21-20-10-8-19(9-11-20)14-6-4-13(16)5-7-14;1-3-5-4-2/h4-7,18H,1,8-11,17H2,2-3H3;3H,1,4-5H2,2H3. The quantitative estimate of drug-likeness (QED) is 0.510. The number of nitrogens with two attached hydrogens (primary N) is 1. The van der Waals surface area contributed by atoms with Crippen LogP contribution in [0.2, 0.25) is 5.02 Å². The van der Waals surface area contributed by atoms with E-state index >= 15 is 0 Å². The minimum atomic E-state index is -0.266. The number of unbranched alkanes of at least 4 members (excludes halogenated alkanes) is 1. The Morgan fingerprint density at radius 3 is 2.27 bits per heavy atom. The summed E-state index contributed by atoms with van der Waals surface area (Å²) in [5, 5.41) is 0.779. The van der Waals surface area contributed by atoms with E-state index in [1.807, 2.05) is 32.1 Å². The molecule has 0 spiro atoms. The molecular formula is C20H33ClN4S. The van der Waals surface area contributed by atoms with Gasteiger partial charge in [0.05, 0.1) is 5.54 Å². The first-order valence-corrected chi connectivity index (χ1v) is 10.2. The maximum Gasteiger partial charge on any atom is 0.0624 e. The summed E-state index contributed by atoms with van der Waals surface area (Å²) in [7, 11) is 0. The van der Waals surface area contributed by atoms with E-state index in [1.165, 1.54) is 12.1 Å². The van der Waals surface area contributed by atoms with Crippen molar-refractivity contribution in [2.75, 3.05) is 31.1 Å². The molecule has 0 unspecified atom stereocenters. The van der Waals surface area contributed by atoms with Gasteiger partial charge >= 0.3 is 0 Å². The minimum absolute atomic E-state index is 0.266. The van der Waals surface area contributed by atoms with Crippen molar-refractivity contribution in [3.63, 3.8) is 0 Å². The lowest BCUT2D eigenvalue weighted by atomic mass is 10.0. The van der Waals surface area contributed by atoms with Crippen LogP contribution in [-0.2, 0) is 0 Å². The van der Waals surface area contributed by atoms with Crippen molar-refractivity contribution >= 4 is 29.4 Å². The number of nitrogens with zero attached hydrogens (tertiary/aromatic N) is 2. The average Bonchev–Trinajstić information content (AvgIpc) is 2.62. The van der Waals surface area contributed by atoms with Gasteiger partial charge in [-0.2, -0.15) is 0 Å². The van der Waals surface area contributed by atoms with Crippen molar-refractivity contribution in [1.29, 1.82) is 0 Å². The van der Waals surface area contributed by atoms with Gasteiger partial charge in [0, 0.05) is 54.7 Å².